The molecule has 5 nitrogen and oxygen atoms in total. The zero-order valence-corrected chi connectivity index (χ0v) is 14.1. The van der Waals surface area contributed by atoms with Crippen LogP contribution < -0.4 is 19.5 Å². The Morgan fingerprint density at radius 3 is 2.58 bits per heavy atom. The molecule has 6 heteroatoms. The van der Waals surface area contributed by atoms with Crippen molar-refractivity contribution in [3.8, 4) is 17.2 Å². The molecule has 0 saturated carbocycles. The summed E-state index contributed by atoms with van der Waals surface area (Å²) in [5.74, 6) is 2.30. The van der Waals surface area contributed by atoms with Gasteiger partial charge < -0.3 is 24.6 Å². The Morgan fingerprint density at radius 2 is 1.79 bits per heavy atom. The van der Waals surface area contributed by atoms with Crippen LogP contribution in [0, 0.1) is 0 Å². The van der Waals surface area contributed by atoms with Gasteiger partial charge in [0.05, 0.1) is 0 Å². The summed E-state index contributed by atoms with van der Waals surface area (Å²) in [5, 5.41) is 13.1. The maximum absolute atomic E-state index is 9.94. The lowest BCUT2D eigenvalue weighted by Crippen LogP contribution is -2.41. The molecule has 24 heavy (non-hydrogen) atoms. The summed E-state index contributed by atoms with van der Waals surface area (Å²) in [6, 6.07) is 17.1. The van der Waals surface area contributed by atoms with Gasteiger partial charge >= 0.3 is 0 Å². The Bertz CT molecular complexity index is 611. The normalized spacial score (nSPS) is 16.8. The minimum atomic E-state index is -0.577. The van der Waals surface area contributed by atoms with Crippen LogP contribution in [0.2, 0.25) is 0 Å². The number of nitrogens with one attached hydrogen (secondary N) is 1. The van der Waals surface area contributed by atoms with Crippen LogP contribution in [0.1, 0.15) is 0 Å². The second-order valence-electron chi connectivity index (χ2n) is 5.43. The fourth-order valence-corrected chi connectivity index (χ4v) is 2.34. The molecule has 0 fully saturated rings. The molecule has 1 heterocycles. The number of benzene rings is 2. The topological polar surface area (TPSA) is 60.0 Å². The number of ether oxygens (including phenoxy) is 3. The summed E-state index contributed by atoms with van der Waals surface area (Å²) in [6.45, 7) is 1.80. The molecule has 2 aromatic carbocycles. The van der Waals surface area contributed by atoms with E-state index in [9.17, 15) is 5.11 Å². The fourth-order valence-electron chi connectivity index (χ4n) is 2.34. The molecule has 0 aliphatic carbocycles. The van der Waals surface area contributed by atoms with E-state index in [1.54, 1.807) is 0 Å². The third kappa shape index (κ3) is 5.30. The first-order valence-corrected chi connectivity index (χ1v) is 7.76. The number of hydrogen-bond donors (Lipinski definition) is 2. The lowest BCUT2D eigenvalue weighted by atomic mass is 10.2. The van der Waals surface area contributed by atoms with Crippen molar-refractivity contribution < 1.29 is 19.3 Å². The molecule has 0 aromatic heterocycles. The van der Waals surface area contributed by atoms with Gasteiger partial charge in [-0.3, -0.25) is 0 Å². The van der Waals surface area contributed by atoms with E-state index >= 15 is 0 Å². The fraction of sp³-hybridized carbons (Fsp3) is 0.333. The molecule has 0 radical (unpaired) electrons. The van der Waals surface area contributed by atoms with Crippen molar-refractivity contribution in [1.82, 2.24) is 5.32 Å². The standard InChI is InChI=1S/C18H21NO4.ClH/c20-14(12-21-15-6-2-1-3-7-15)10-19-11-16-13-22-17-8-4-5-9-18(17)23-16;/h1-9,14,16,19-20H,10-13H2;1H. The molecule has 0 bridgehead atoms. The first-order valence-electron chi connectivity index (χ1n) is 7.76. The zero-order valence-electron chi connectivity index (χ0n) is 13.3. The monoisotopic (exact) mass is 351 g/mol. The van der Waals surface area contributed by atoms with Crippen molar-refractivity contribution in [3.05, 3.63) is 54.6 Å². The van der Waals surface area contributed by atoms with Crippen LogP contribution in [0.4, 0.5) is 0 Å². The second-order valence-corrected chi connectivity index (χ2v) is 5.43. The van der Waals surface area contributed by atoms with Crippen molar-refractivity contribution in [1.29, 1.82) is 0 Å². The third-order valence-corrected chi connectivity index (χ3v) is 3.51. The summed E-state index contributed by atoms with van der Waals surface area (Å²) in [4.78, 5) is 0. The highest BCUT2D eigenvalue weighted by atomic mass is 35.5. The molecule has 130 valence electrons. The van der Waals surface area contributed by atoms with Crippen LogP contribution in [0.5, 0.6) is 17.2 Å². The van der Waals surface area contributed by atoms with Crippen LogP contribution in [0.25, 0.3) is 0 Å². The minimum absolute atomic E-state index is 0. The smallest absolute Gasteiger partial charge is 0.161 e. The Balaban J connectivity index is 0.00000208. The van der Waals surface area contributed by atoms with Gasteiger partial charge in [0.2, 0.25) is 0 Å². The van der Waals surface area contributed by atoms with E-state index in [1.807, 2.05) is 54.6 Å². The first kappa shape index (κ1) is 18.4. The number of aliphatic hydroxyl groups excluding tert-OH is 1. The largest absolute Gasteiger partial charge is 0.491 e. The number of halogens is 1. The van der Waals surface area contributed by atoms with Crippen molar-refractivity contribution in [2.24, 2.45) is 0 Å². The van der Waals surface area contributed by atoms with Crippen LogP contribution in [-0.2, 0) is 0 Å². The molecule has 2 atom stereocenters. The highest BCUT2D eigenvalue weighted by Crippen LogP contribution is 2.30. The van der Waals surface area contributed by atoms with E-state index in [1.165, 1.54) is 0 Å². The molecule has 0 saturated heterocycles. The zero-order chi connectivity index (χ0) is 15.9. The molecule has 0 spiro atoms. The van der Waals surface area contributed by atoms with Gasteiger partial charge in [0.15, 0.2) is 11.5 Å². The van der Waals surface area contributed by atoms with E-state index in [0.717, 1.165) is 17.2 Å². The van der Waals surface area contributed by atoms with Gasteiger partial charge in [0.25, 0.3) is 0 Å². The molecule has 2 N–H and O–H groups in total. The van der Waals surface area contributed by atoms with Gasteiger partial charge in [-0.1, -0.05) is 30.3 Å². The molecular weight excluding hydrogens is 330 g/mol. The van der Waals surface area contributed by atoms with Crippen molar-refractivity contribution in [3.63, 3.8) is 0 Å². The predicted octanol–water partition coefficient (Wildman–Crippen LogP) is 2.28. The van der Waals surface area contributed by atoms with E-state index in [4.69, 9.17) is 14.2 Å². The van der Waals surface area contributed by atoms with Crippen LogP contribution >= 0.6 is 12.4 Å². The summed E-state index contributed by atoms with van der Waals surface area (Å²) < 4.78 is 17.0. The number of rotatable bonds is 7. The maximum atomic E-state index is 9.94. The molecule has 0 amide bonds. The number of para-hydroxylation sites is 3. The van der Waals surface area contributed by atoms with E-state index in [0.29, 0.717) is 19.7 Å². The summed E-state index contributed by atoms with van der Waals surface area (Å²) in [7, 11) is 0. The SMILES string of the molecule is Cl.OC(CNCC1COc2ccccc2O1)COc1ccccc1. The van der Waals surface area contributed by atoms with E-state index in [2.05, 4.69) is 5.32 Å². The minimum Gasteiger partial charge on any atom is -0.491 e. The summed E-state index contributed by atoms with van der Waals surface area (Å²) in [5.41, 5.74) is 0. The van der Waals surface area contributed by atoms with Gasteiger partial charge in [-0.15, -0.1) is 12.4 Å². The molecule has 1 aliphatic rings. The lowest BCUT2D eigenvalue weighted by Gasteiger charge is -2.27. The lowest BCUT2D eigenvalue weighted by molar-refractivity contribution is 0.0778. The number of aliphatic hydroxyl groups is 1. The van der Waals surface area contributed by atoms with E-state index in [-0.39, 0.29) is 25.1 Å². The number of fused-ring (bicyclic) bond motifs is 1. The average molecular weight is 352 g/mol. The Kier molecular flexibility index (Phi) is 7.18. The van der Waals surface area contributed by atoms with Crippen LogP contribution in [0.15, 0.2) is 54.6 Å². The Labute approximate surface area is 148 Å². The van der Waals surface area contributed by atoms with Gasteiger partial charge in [-0.05, 0) is 24.3 Å². The van der Waals surface area contributed by atoms with Crippen LogP contribution in [0.3, 0.4) is 0 Å². The Hall–Kier alpha value is -1.95. The predicted molar refractivity (Wildman–Crippen MR) is 94.4 cm³/mol. The maximum Gasteiger partial charge on any atom is 0.161 e. The average Bonchev–Trinajstić information content (AvgIpc) is 2.61. The Morgan fingerprint density at radius 1 is 1.08 bits per heavy atom. The molecule has 1 aliphatic heterocycles. The highest BCUT2D eigenvalue weighted by molar-refractivity contribution is 5.85. The second kappa shape index (κ2) is 9.37. The molecular formula is C18H22ClNO4. The summed E-state index contributed by atoms with van der Waals surface area (Å²) in [6.07, 6.45) is -0.640. The van der Waals surface area contributed by atoms with Gasteiger partial charge in [-0.2, -0.15) is 0 Å². The molecule has 3 rings (SSSR count). The quantitative estimate of drug-likeness (QED) is 0.801. The first-order chi connectivity index (χ1) is 11.3. The molecule has 2 unspecified atom stereocenters. The van der Waals surface area contributed by atoms with Crippen LogP contribution in [-0.4, -0.2) is 43.6 Å². The molecule has 2 aromatic rings. The number of hydrogen-bond acceptors (Lipinski definition) is 5. The van der Waals surface area contributed by atoms with Gasteiger partial charge in [-0.25, -0.2) is 0 Å². The van der Waals surface area contributed by atoms with Crippen molar-refractivity contribution >= 4 is 12.4 Å². The van der Waals surface area contributed by atoms with Crippen molar-refractivity contribution in [2.75, 3.05) is 26.3 Å². The highest BCUT2D eigenvalue weighted by Gasteiger charge is 2.20. The van der Waals surface area contributed by atoms with E-state index < -0.39 is 6.10 Å². The summed E-state index contributed by atoms with van der Waals surface area (Å²) >= 11 is 0. The third-order valence-electron chi connectivity index (χ3n) is 3.51. The van der Waals surface area contributed by atoms with Gasteiger partial charge in [0, 0.05) is 13.1 Å². The van der Waals surface area contributed by atoms with Crippen molar-refractivity contribution in [2.45, 2.75) is 12.2 Å². The van der Waals surface area contributed by atoms with Gasteiger partial charge in [0.1, 0.15) is 31.2 Å².